The molecule has 198 valence electrons. The Kier molecular flexibility index (Phi) is 6.95. The summed E-state index contributed by atoms with van der Waals surface area (Å²) >= 11 is 0. The van der Waals surface area contributed by atoms with E-state index < -0.39 is 17.6 Å². The monoisotopic (exact) mass is 529 g/mol. The molecule has 0 unspecified atom stereocenters. The molecule has 1 aliphatic rings. The average molecular weight is 530 g/mol. The number of carbonyl (C=O) groups is 2. The zero-order chi connectivity index (χ0) is 27.7. The Labute approximate surface area is 224 Å². The number of carbonyl (C=O) groups excluding carboxylic acids is 2. The molecule has 1 aliphatic heterocycles. The maximum atomic E-state index is 13.5. The van der Waals surface area contributed by atoms with Crippen molar-refractivity contribution in [3.05, 3.63) is 113 Å². The second kappa shape index (κ2) is 10.4. The van der Waals surface area contributed by atoms with Crippen molar-refractivity contribution in [3.8, 4) is 11.1 Å². The predicted octanol–water partition coefficient (Wildman–Crippen LogP) is 6.77. The van der Waals surface area contributed by atoms with E-state index >= 15 is 0 Å². The van der Waals surface area contributed by atoms with Gasteiger partial charge >= 0.3 is 6.18 Å². The van der Waals surface area contributed by atoms with Crippen molar-refractivity contribution in [1.82, 2.24) is 4.98 Å². The van der Waals surface area contributed by atoms with E-state index in [0.29, 0.717) is 41.0 Å². The van der Waals surface area contributed by atoms with Crippen molar-refractivity contribution in [2.75, 3.05) is 16.8 Å². The number of benzene rings is 3. The number of rotatable bonds is 5. The molecular formula is C31H26F3N3O2. The topological polar surface area (TPSA) is 62.3 Å². The van der Waals surface area contributed by atoms with E-state index in [0.717, 1.165) is 28.9 Å². The largest absolute Gasteiger partial charge is 0.416 e. The van der Waals surface area contributed by atoms with Crippen molar-refractivity contribution in [2.24, 2.45) is 0 Å². The first-order chi connectivity index (χ1) is 18.6. The van der Waals surface area contributed by atoms with E-state index in [9.17, 15) is 22.8 Å². The lowest BCUT2D eigenvalue weighted by atomic mass is 9.95. The number of nitrogens with one attached hydrogen (secondary N) is 1. The van der Waals surface area contributed by atoms with Gasteiger partial charge in [0.05, 0.1) is 12.0 Å². The van der Waals surface area contributed by atoms with Crippen LogP contribution < -0.4 is 10.2 Å². The highest BCUT2D eigenvalue weighted by Gasteiger charge is 2.33. The van der Waals surface area contributed by atoms with E-state index in [1.807, 2.05) is 32.0 Å². The molecule has 5 rings (SSSR count). The summed E-state index contributed by atoms with van der Waals surface area (Å²) in [6.45, 7) is 4.18. The number of hydrogen-bond acceptors (Lipinski definition) is 3. The van der Waals surface area contributed by atoms with Gasteiger partial charge < -0.3 is 10.2 Å². The van der Waals surface area contributed by atoms with Gasteiger partial charge in [0.2, 0.25) is 5.91 Å². The van der Waals surface area contributed by atoms with E-state index in [1.165, 1.54) is 6.07 Å². The normalized spacial score (nSPS) is 12.8. The predicted molar refractivity (Wildman–Crippen MR) is 145 cm³/mol. The number of aromatic nitrogens is 1. The molecule has 1 aromatic heterocycles. The molecule has 0 saturated carbocycles. The minimum atomic E-state index is -4.59. The lowest BCUT2D eigenvalue weighted by Crippen LogP contribution is -2.30. The molecule has 0 aliphatic carbocycles. The molecule has 5 nitrogen and oxygen atoms in total. The zero-order valence-corrected chi connectivity index (χ0v) is 21.5. The number of nitrogens with zero attached hydrogens (tertiary/aromatic N) is 2. The van der Waals surface area contributed by atoms with Gasteiger partial charge in [-0.3, -0.25) is 14.6 Å². The Morgan fingerprint density at radius 3 is 2.41 bits per heavy atom. The summed E-state index contributed by atoms with van der Waals surface area (Å²) < 4.78 is 40.6. The van der Waals surface area contributed by atoms with Gasteiger partial charge in [0, 0.05) is 35.4 Å². The standard InChI is InChI=1S/C31H26F3N3O2/c1-19-16-27-24(13-15-37(27)28(38)18-23-10-6-7-14-35-23)20(2)29(19)36-30(39)26-17-22(31(32,33)34)11-12-25(26)21-8-4-3-5-9-21/h3-12,14,16-17H,13,15,18H2,1-2H3,(H,36,39). The number of aryl methyl sites for hydroxylation is 1. The smallest absolute Gasteiger partial charge is 0.321 e. The molecule has 0 fully saturated rings. The van der Waals surface area contributed by atoms with Crippen LogP contribution in [0.25, 0.3) is 11.1 Å². The number of amides is 2. The van der Waals surface area contributed by atoms with Crippen molar-refractivity contribution >= 4 is 23.2 Å². The molecule has 39 heavy (non-hydrogen) atoms. The lowest BCUT2D eigenvalue weighted by molar-refractivity contribution is -0.137. The third-order valence-electron chi connectivity index (χ3n) is 7.04. The maximum Gasteiger partial charge on any atom is 0.416 e. The molecule has 0 spiro atoms. The van der Waals surface area contributed by atoms with Crippen LogP contribution in [0.2, 0.25) is 0 Å². The first kappa shape index (κ1) is 26.2. The first-order valence-corrected chi connectivity index (χ1v) is 12.5. The average Bonchev–Trinajstić information content (AvgIpc) is 3.35. The minimum Gasteiger partial charge on any atom is -0.321 e. The van der Waals surface area contributed by atoms with Gasteiger partial charge in [-0.2, -0.15) is 13.2 Å². The van der Waals surface area contributed by atoms with Crippen LogP contribution in [0.5, 0.6) is 0 Å². The van der Waals surface area contributed by atoms with Crippen molar-refractivity contribution < 1.29 is 22.8 Å². The fourth-order valence-corrected chi connectivity index (χ4v) is 5.07. The van der Waals surface area contributed by atoms with Crippen LogP contribution in [0, 0.1) is 13.8 Å². The molecule has 4 aromatic rings. The number of halogens is 3. The first-order valence-electron chi connectivity index (χ1n) is 12.5. The molecule has 8 heteroatoms. The third kappa shape index (κ3) is 5.27. The molecule has 2 heterocycles. The SMILES string of the molecule is Cc1cc2c(c(C)c1NC(=O)c1cc(C(F)(F)F)ccc1-c1ccccc1)CCN2C(=O)Cc1ccccn1. The van der Waals surface area contributed by atoms with Crippen molar-refractivity contribution in [2.45, 2.75) is 32.9 Å². The van der Waals surface area contributed by atoms with Gasteiger partial charge in [-0.15, -0.1) is 0 Å². The fourth-order valence-electron chi connectivity index (χ4n) is 5.07. The molecule has 2 amide bonds. The minimum absolute atomic E-state index is 0.0671. The van der Waals surface area contributed by atoms with Gasteiger partial charge in [-0.1, -0.05) is 42.5 Å². The Morgan fingerprint density at radius 2 is 1.72 bits per heavy atom. The van der Waals surface area contributed by atoms with Crippen molar-refractivity contribution in [1.29, 1.82) is 0 Å². The summed E-state index contributed by atoms with van der Waals surface area (Å²) in [5, 5.41) is 2.88. The highest BCUT2D eigenvalue weighted by molar-refractivity contribution is 6.10. The second-order valence-corrected chi connectivity index (χ2v) is 9.56. The highest BCUT2D eigenvalue weighted by atomic mass is 19.4. The second-order valence-electron chi connectivity index (χ2n) is 9.56. The Morgan fingerprint density at radius 1 is 0.974 bits per heavy atom. The third-order valence-corrected chi connectivity index (χ3v) is 7.04. The van der Waals surface area contributed by atoms with Gasteiger partial charge in [-0.25, -0.2) is 0 Å². The fraction of sp³-hybridized carbons (Fsp3) is 0.194. The summed E-state index contributed by atoms with van der Waals surface area (Å²) in [6, 6.07) is 19.4. The summed E-state index contributed by atoms with van der Waals surface area (Å²) in [5.41, 5.74) is 4.53. The van der Waals surface area contributed by atoms with E-state index in [1.54, 1.807) is 47.5 Å². The summed E-state index contributed by atoms with van der Waals surface area (Å²) in [6.07, 6.45) is -2.15. The maximum absolute atomic E-state index is 13.5. The van der Waals surface area contributed by atoms with Gasteiger partial charge in [0.15, 0.2) is 0 Å². The number of pyridine rings is 1. The van der Waals surface area contributed by atoms with Crippen LogP contribution in [-0.4, -0.2) is 23.3 Å². The van der Waals surface area contributed by atoms with Gasteiger partial charge in [-0.05, 0) is 78.4 Å². The molecular weight excluding hydrogens is 503 g/mol. The Hall–Kier alpha value is -4.46. The number of alkyl halides is 3. The summed E-state index contributed by atoms with van der Waals surface area (Å²) in [5.74, 6) is -0.702. The van der Waals surface area contributed by atoms with Crippen LogP contribution >= 0.6 is 0 Å². The summed E-state index contributed by atoms with van der Waals surface area (Å²) in [7, 11) is 0. The van der Waals surface area contributed by atoms with Crippen LogP contribution in [0.1, 0.15) is 38.3 Å². The molecule has 3 aromatic carbocycles. The molecule has 0 atom stereocenters. The van der Waals surface area contributed by atoms with Gasteiger partial charge in [0.1, 0.15) is 0 Å². The quantitative estimate of drug-likeness (QED) is 0.310. The van der Waals surface area contributed by atoms with Crippen LogP contribution in [-0.2, 0) is 23.8 Å². The Balaban J connectivity index is 1.47. The number of hydrogen-bond donors (Lipinski definition) is 1. The number of anilines is 2. The van der Waals surface area contributed by atoms with Crippen molar-refractivity contribution in [3.63, 3.8) is 0 Å². The van der Waals surface area contributed by atoms with Gasteiger partial charge in [0.25, 0.3) is 5.91 Å². The Bertz CT molecular complexity index is 1550. The molecule has 1 N–H and O–H groups in total. The molecule has 0 bridgehead atoms. The number of fused-ring (bicyclic) bond motifs is 1. The van der Waals surface area contributed by atoms with Crippen LogP contribution in [0.3, 0.4) is 0 Å². The van der Waals surface area contributed by atoms with E-state index in [4.69, 9.17) is 0 Å². The lowest BCUT2D eigenvalue weighted by Gasteiger charge is -2.21. The molecule has 0 saturated heterocycles. The summed E-state index contributed by atoms with van der Waals surface area (Å²) in [4.78, 5) is 32.5. The van der Waals surface area contributed by atoms with Crippen LogP contribution in [0.4, 0.5) is 24.5 Å². The van der Waals surface area contributed by atoms with E-state index in [2.05, 4.69) is 10.3 Å². The van der Waals surface area contributed by atoms with Crippen LogP contribution in [0.15, 0.2) is 79.0 Å². The highest BCUT2D eigenvalue weighted by Crippen LogP contribution is 2.38. The van der Waals surface area contributed by atoms with E-state index in [-0.39, 0.29) is 17.9 Å². The molecule has 0 radical (unpaired) electrons. The zero-order valence-electron chi connectivity index (χ0n) is 21.5.